The predicted molar refractivity (Wildman–Crippen MR) is 142 cm³/mol. The molecule has 0 aliphatic carbocycles. The average molecular weight is 546 g/mol. The van der Waals surface area contributed by atoms with Gasteiger partial charge in [-0.2, -0.15) is 4.31 Å². The van der Waals surface area contributed by atoms with E-state index in [2.05, 4.69) is 5.32 Å². The summed E-state index contributed by atoms with van der Waals surface area (Å²) in [5.41, 5.74) is 2.12. The van der Waals surface area contributed by atoms with Crippen LogP contribution < -0.4 is 5.32 Å². The van der Waals surface area contributed by atoms with E-state index in [-0.39, 0.29) is 19.5 Å². The summed E-state index contributed by atoms with van der Waals surface area (Å²) in [6.07, 6.45) is 1.19. The van der Waals surface area contributed by atoms with E-state index >= 15 is 0 Å². The molecule has 10 heteroatoms. The standard InChI is InChI=1S/C27H29ClFN3O4S/c1-31(37(2,35)36)19-26(33)32(18-21-12-14-23(29)15-13-21)25(16-20-8-4-3-5-9-20)27(34)30-17-22-10-6-7-11-24(22)28/h3-15,25H,16-19H2,1-2H3,(H,30,34). The van der Waals surface area contributed by atoms with Gasteiger partial charge in [0.25, 0.3) is 0 Å². The second-order valence-electron chi connectivity index (χ2n) is 8.68. The van der Waals surface area contributed by atoms with Crippen LogP contribution in [-0.4, -0.2) is 55.3 Å². The Bertz CT molecular complexity index is 1320. The molecule has 3 aromatic carbocycles. The van der Waals surface area contributed by atoms with E-state index in [9.17, 15) is 22.4 Å². The number of halogens is 2. The SMILES string of the molecule is CN(CC(=O)N(Cc1ccc(F)cc1)C(Cc1ccccc1)C(=O)NCc1ccccc1Cl)S(C)(=O)=O. The Morgan fingerprint density at radius 3 is 2.19 bits per heavy atom. The average Bonchev–Trinajstić information content (AvgIpc) is 2.86. The largest absolute Gasteiger partial charge is 0.350 e. The molecule has 0 radical (unpaired) electrons. The highest BCUT2D eigenvalue weighted by Crippen LogP contribution is 2.18. The van der Waals surface area contributed by atoms with Crippen LogP contribution in [0.3, 0.4) is 0 Å². The fourth-order valence-corrected chi connectivity index (χ4v) is 4.23. The number of benzene rings is 3. The van der Waals surface area contributed by atoms with Gasteiger partial charge in [-0.15, -0.1) is 0 Å². The summed E-state index contributed by atoms with van der Waals surface area (Å²) in [4.78, 5) is 28.4. The minimum Gasteiger partial charge on any atom is -0.350 e. The van der Waals surface area contributed by atoms with Crippen LogP contribution in [0.4, 0.5) is 4.39 Å². The Labute approximate surface area is 221 Å². The van der Waals surface area contributed by atoms with Gasteiger partial charge < -0.3 is 10.2 Å². The lowest BCUT2D eigenvalue weighted by atomic mass is 10.0. The predicted octanol–water partition coefficient (Wildman–Crippen LogP) is 3.63. The molecule has 1 unspecified atom stereocenters. The molecule has 37 heavy (non-hydrogen) atoms. The zero-order valence-corrected chi connectivity index (χ0v) is 22.2. The first-order valence-electron chi connectivity index (χ1n) is 11.5. The number of sulfonamides is 1. The maximum Gasteiger partial charge on any atom is 0.243 e. The third-order valence-corrected chi connectivity index (χ3v) is 7.50. The van der Waals surface area contributed by atoms with Crippen molar-refractivity contribution < 1.29 is 22.4 Å². The summed E-state index contributed by atoms with van der Waals surface area (Å²) >= 11 is 6.24. The van der Waals surface area contributed by atoms with Crippen LogP contribution in [0.25, 0.3) is 0 Å². The normalized spacial score (nSPS) is 12.2. The van der Waals surface area contributed by atoms with Gasteiger partial charge in [-0.25, -0.2) is 12.8 Å². The number of carbonyl (C=O) groups is 2. The lowest BCUT2D eigenvalue weighted by Gasteiger charge is -2.32. The molecule has 1 atom stereocenters. The van der Waals surface area contributed by atoms with Crippen molar-refractivity contribution in [1.29, 1.82) is 0 Å². The van der Waals surface area contributed by atoms with Crippen LogP contribution >= 0.6 is 11.6 Å². The maximum absolute atomic E-state index is 13.6. The molecule has 0 aliphatic rings. The topological polar surface area (TPSA) is 86.8 Å². The van der Waals surface area contributed by atoms with Crippen molar-refractivity contribution in [2.45, 2.75) is 25.6 Å². The third kappa shape index (κ3) is 8.38. The Balaban J connectivity index is 1.95. The minimum atomic E-state index is -3.64. The maximum atomic E-state index is 13.6. The molecule has 0 bridgehead atoms. The van der Waals surface area contributed by atoms with Gasteiger partial charge in [-0.1, -0.05) is 72.3 Å². The van der Waals surface area contributed by atoms with Crippen LogP contribution in [0.1, 0.15) is 16.7 Å². The molecule has 1 N–H and O–H groups in total. The highest BCUT2D eigenvalue weighted by molar-refractivity contribution is 7.88. The van der Waals surface area contributed by atoms with E-state index in [1.54, 1.807) is 24.3 Å². The highest BCUT2D eigenvalue weighted by Gasteiger charge is 2.32. The molecule has 0 fully saturated rings. The number of hydrogen-bond acceptors (Lipinski definition) is 4. The molecule has 2 amide bonds. The van der Waals surface area contributed by atoms with E-state index < -0.39 is 40.2 Å². The first-order chi connectivity index (χ1) is 17.5. The van der Waals surface area contributed by atoms with Gasteiger partial charge in [-0.3, -0.25) is 9.59 Å². The van der Waals surface area contributed by atoms with Crippen molar-refractivity contribution in [3.8, 4) is 0 Å². The molecule has 0 spiro atoms. The van der Waals surface area contributed by atoms with Crippen LogP contribution in [-0.2, 0) is 39.1 Å². The smallest absolute Gasteiger partial charge is 0.243 e. The van der Waals surface area contributed by atoms with E-state index in [0.29, 0.717) is 16.1 Å². The molecular weight excluding hydrogens is 517 g/mol. The molecular formula is C27H29ClFN3O4S. The van der Waals surface area contributed by atoms with Gasteiger partial charge in [-0.05, 0) is 34.9 Å². The molecule has 0 saturated carbocycles. The first kappa shape index (κ1) is 28.3. The van der Waals surface area contributed by atoms with Gasteiger partial charge in [0, 0.05) is 31.6 Å². The number of nitrogens with one attached hydrogen (secondary N) is 1. The van der Waals surface area contributed by atoms with Crippen molar-refractivity contribution in [1.82, 2.24) is 14.5 Å². The Hall–Kier alpha value is -3.27. The molecule has 3 rings (SSSR count). The molecule has 0 aromatic heterocycles. The first-order valence-corrected chi connectivity index (χ1v) is 13.8. The minimum absolute atomic E-state index is 0.0201. The summed E-state index contributed by atoms with van der Waals surface area (Å²) in [5.74, 6) is -1.43. The number of nitrogens with zero attached hydrogens (tertiary/aromatic N) is 2. The zero-order chi connectivity index (χ0) is 27.0. The number of carbonyl (C=O) groups excluding carboxylic acids is 2. The summed E-state index contributed by atoms with van der Waals surface area (Å²) in [5, 5.41) is 3.36. The van der Waals surface area contributed by atoms with Gasteiger partial charge >= 0.3 is 0 Å². The number of rotatable bonds is 11. The van der Waals surface area contributed by atoms with Crippen molar-refractivity contribution in [3.05, 3.63) is 106 Å². The van der Waals surface area contributed by atoms with Gasteiger partial charge in [0.1, 0.15) is 11.9 Å². The Morgan fingerprint density at radius 1 is 0.946 bits per heavy atom. The molecule has 7 nitrogen and oxygen atoms in total. The number of amides is 2. The highest BCUT2D eigenvalue weighted by atomic mass is 35.5. The van der Waals surface area contributed by atoms with E-state index in [1.165, 1.54) is 36.2 Å². The summed E-state index contributed by atoms with van der Waals surface area (Å²) in [6, 6.07) is 20.9. The van der Waals surface area contributed by atoms with Crippen molar-refractivity contribution >= 4 is 33.4 Å². The summed E-state index contributed by atoms with van der Waals surface area (Å²) < 4.78 is 38.4. The quantitative estimate of drug-likeness (QED) is 0.399. The van der Waals surface area contributed by atoms with Crippen LogP contribution in [0.2, 0.25) is 5.02 Å². The van der Waals surface area contributed by atoms with E-state index in [1.807, 2.05) is 30.3 Å². The lowest BCUT2D eigenvalue weighted by molar-refractivity contribution is -0.141. The van der Waals surface area contributed by atoms with Gasteiger partial charge in [0.2, 0.25) is 21.8 Å². The molecule has 0 heterocycles. The molecule has 3 aromatic rings. The second-order valence-corrected chi connectivity index (χ2v) is 11.2. The van der Waals surface area contributed by atoms with Crippen molar-refractivity contribution in [3.63, 3.8) is 0 Å². The monoisotopic (exact) mass is 545 g/mol. The van der Waals surface area contributed by atoms with E-state index in [4.69, 9.17) is 11.6 Å². The number of hydrogen-bond donors (Lipinski definition) is 1. The zero-order valence-electron chi connectivity index (χ0n) is 20.6. The number of likely N-dealkylation sites (N-methyl/N-ethyl adjacent to an activating group) is 1. The molecule has 196 valence electrons. The fourth-order valence-electron chi connectivity index (χ4n) is 3.68. The Kier molecular flexibility index (Phi) is 9.79. The summed E-state index contributed by atoms with van der Waals surface area (Å²) in [7, 11) is -2.35. The van der Waals surface area contributed by atoms with Crippen LogP contribution in [0, 0.1) is 5.82 Å². The third-order valence-electron chi connectivity index (χ3n) is 5.87. The van der Waals surface area contributed by atoms with Crippen LogP contribution in [0.5, 0.6) is 0 Å². The van der Waals surface area contributed by atoms with Crippen molar-refractivity contribution in [2.75, 3.05) is 19.8 Å². The van der Waals surface area contributed by atoms with Gasteiger partial charge in [0.05, 0.1) is 12.8 Å². The molecule has 0 saturated heterocycles. The second kappa shape index (κ2) is 12.8. The van der Waals surface area contributed by atoms with Crippen molar-refractivity contribution in [2.24, 2.45) is 0 Å². The molecule has 0 aliphatic heterocycles. The van der Waals surface area contributed by atoms with Gasteiger partial charge in [0.15, 0.2) is 0 Å². The van der Waals surface area contributed by atoms with E-state index in [0.717, 1.165) is 16.1 Å². The fraction of sp³-hybridized carbons (Fsp3) is 0.259. The van der Waals surface area contributed by atoms with Crippen LogP contribution in [0.15, 0.2) is 78.9 Å². The lowest BCUT2D eigenvalue weighted by Crippen LogP contribution is -2.52. The Morgan fingerprint density at radius 2 is 1.57 bits per heavy atom. The summed E-state index contributed by atoms with van der Waals surface area (Å²) in [6.45, 7) is -0.331.